The summed E-state index contributed by atoms with van der Waals surface area (Å²) in [5, 5.41) is -0.323. The van der Waals surface area contributed by atoms with Crippen molar-refractivity contribution in [2.24, 2.45) is 5.92 Å². The van der Waals surface area contributed by atoms with Gasteiger partial charge in [-0.25, -0.2) is 8.78 Å². The van der Waals surface area contributed by atoms with Crippen molar-refractivity contribution < 1.29 is 26.7 Å². The molecule has 1 aromatic heterocycles. The minimum atomic E-state index is -4.78. The van der Waals surface area contributed by atoms with E-state index < -0.39 is 36.3 Å². The Morgan fingerprint density at radius 2 is 2.00 bits per heavy atom. The van der Waals surface area contributed by atoms with Gasteiger partial charge in [-0.2, -0.15) is 13.2 Å². The highest BCUT2D eigenvalue weighted by Gasteiger charge is 2.38. The zero-order valence-electron chi connectivity index (χ0n) is 14.0. The molecule has 0 amide bonds. The number of halogens is 5. The summed E-state index contributed by atoms with van der Waals surface area (Å²) in [6, 6.07) is 2.75. The predicted molar refractivity (Wildman–Crippen MR) is 87.0 cm³/mol. The third-order valence-corrected chi connectivity index (χ3v) is 4.46. The molecule has 0 spiro atoms. The summed E-state index contributed by atoms with van der Waals surface area (Å²) in [6.07, 6.45) is -7.44. The minimum absolute atomic E-state index is 0.0209. The molecule has 3 rings (SSSR count). The van der Waals surface area contributed by atoms with E-state index in [4.69, 9.17) is 4.74 Å². The normalized spacial score (nSPS) is 17.7. The van der Waals surface area contributed by atoms with Crippen LogP contribution < -0.4 is 15.2 Å². The Morgan fingerprint density at radius 1 is 1.31 bits per heavy atom. The summed E-state index contributed by atoms with van der Waals surface area (Å²) in [6.45, 7) is 3.02. The predicted octanol–water partition coefficient (Wildman–Crippen LogP) is 4.04. The topological polar surface area (TPSA) is 45.3 Å². The third kappa shape index (κ3) is 3.22. The summed E-state index contributed by atoms with van der Waals surface area (Å²) in [5.74, 6) is -0.182. The number of anilines is 1. The summed E-state index contributed by atoms with van der Waals surface area (Å²) < 4.78 is 72.1. The molecule has 9 heteroatoms. The van der Waals surface area contributed by atoms with Crippen LogP contribution in [0, 0.1) is 5.92 Å². The van der Waals surface area contributed by atoms with Crippen molar-refractivity contribution in [3.63, 3.8) is 0 Å². The van der Waals surface area contributed by atoms with Crippen molar-refractivity contribution in [1.82, 2.24) is 4.98 Å². The Hall–Kier alpha value is -2.32. The molecule has 142 valence electrons. The molecule has 1 aliphatic rings. The third-order valence-electron chi connectivity index (χ3n) is 4.46. The Balaban J connectivity index is 2.28. The first-order valence-corrected chi connectivity index (χ1v) is 8.04. The van der Waals surface area contributed by atoms with Gasteiger partial charge in [-0.1, -0.05) is 13.8 Å². The van der Waals surface area contributed by atoms with Crippen molar-refractivity contribution in [2.75, 3.05) is 18.1 Å². The summed E-state index contributed by atoms with van der Waals surface area (Å²) in [4.78, 5) is 15.3. The van der Waals surface area contributed by atoms with Gasteiger partial charge in [-0.15, -0.1) is 0 Å². The average molecular weight is 376 g/mol. The van der Waals surface area contributed by atoms with Crippen LogP contribution in [0.25, 0.3) is 10.9 Å². The fourth-order valence-electron chi connectivity index (χ4n) is 3.28. The second-order valence-electron chi connectivity index (χ2n) is 6.55. The van der Waals surface area contributed by atoms with E-state index in [1.807, 2.05) is 13.8 Å². The van der Waals surface area contributed by atoms with Crippen molar-refractivity contribution in [1.29, 1.82) is 0 Å². The molecule has 0 bridgehead atoms. The van der Waals surface area contributed by atoms with Crippen LogP contribution >= 0.6 is 0 Å². The lowest BCUT2D eigenvalue weighted by atomic mass is 9.98. The molecule has 26 heavy (non-hydrogen) atoms. The van der Waals surface area contributed by atoms with Gasteiger partial charge in [0.2, 0.25) is 5.56 Å². The number of pyridine rings is 1. The fourth-order valence-corrected chi connectivity index (χ4v) is 3.28. The number of hydrogen-bond donors (Lipinski definition) is 1. The molecule has 1 aliphatic heterocycles. The number of nitrogens with zero attached hydrogens (tertiary/aromatic N) is 1. The smallest absolute Gasteiger partial charge is 0.417 e. The highest BCUT2D eigenvalue weighted by Crippen LogP contribution is 2.45. The number of H-pyrrole nitrogens is 1. The monoisotopic (exact) mass is 376 g/mol. The van der Waals surface area contributed by atoms with Crippen LogP contribution in [0.3, 0.4) is 0 Å². The van der Waals surface area contributed by atoms with Gasteiger partial charge in [-0.3, -0.25) is 4.79 Å². The first kappa shape index (κ1) is 18.5. The van der Waals surface area contributed by atoms with E-state index >= 15 is 0 Å². The molecule has 0 saturated heterocycles. The van der Waals surface area contributed by atoms with E-state index in [-0.39, 0.29) is 34.9 Å². The van der Waals surface area contributed by atoms with Crippen LogP contribution in [0.1, 0.15) is 19.4 Å². The van der Waals surface area contributed by atoms with E-state index in [0.717, 1.165) is 0 Å². The number of fused-ring (bicyclic) bond motifs is 3. The van der Waals surface area contributed by atoms with Gasteiger partial charge < -0.3 is 14.6 Å². The maximum absolute atomic E-state index is 13.4. The number of hydrogen-bond acceptors (Lipinski definition) is 3. The van der Waals surface area contributed by atoms with Crippen LogP contribution in [0.2, 0.25) is 0 Å². The number of benzene rings is 1. The molecule has 0 saturated carbocycles. The number of aromatic nitrogens is 1. The van der Waals surface area contributed by atoms with E-state index in [1.165, 1.54) is 17.0 Å². The minimum Gasteiger partial charge on any atom is -0.489 e. The second-order valence-corrected chi connectivity index (χ2v) is 6.55. The quantitative estimate of drug-likeness (QED) is 0.823. The van der Waals surface area contributed by atoms with Crippen molar-refractivity contribution >= 4 is 16.6 Å². The van der Waals surface area contributed by atoms with Gasteiger partial charge in [0.05, 0.1) is 34.7 Å². The molecule has 1 atom stereocenters. The Morgan fingerprint density at radius 3 is 2.58 bits per heavy atom. The highest BCUT2D eigenvalue weighted by atomic mass is 19.4. The first-order chi connectivity index (χ1) is 12.1. The lowest BCUT2D eigenvalue weighted by Gasteiger charge is -2.41. The van der Waals surface area contributed by atoms with Gasteiger partial charge in [0.1, 0.15) is 6.61 Å². The highest BCUT2D eigenvalue weighted by molar-refractivity contribution is 5.94. The number of nitrogens with one attached hydrogen (secondary N) is 1. The first-order valence-electron chi connectivity index (χ1n) is 8.04. The van der Waals surface area contributed by atoms with Crippen LogP contribution in [0.5, 0.6) is 5.75 Å². The number of rotatable bonds is 3. The van der Waals surface area contributed by atoms with Gasteiger partial charge >= 0.3 is 6.18 Å². The van der Waals surface area contributed by atoms with Crippen LogP contribution in [-0.4, -0.2) is 30.6 Å². The molecule has 2 heterocycles. The molecule has 1 N–H and O–H groups in total. The maximum atomic E-state index is 13.4. The molecule has 4 nitrogen and oxygen atoms in total. The largest absolute Gasteiger partial charge is 0.489 e. The van der Waals surface area contributed by atoms with Crippen molar-refractivity contribution in [3.05, 3.63) is 34.1 Å². The van der Waals surface area contributed by atoms with Gasteiger partial charge in [0, 0.05) is 6.07 Å². The van der Waals surface area contributed by atoms with E-state index in [2.05, 4.69) is 4.98 Å². The average Bonchev–Trinajstić information content (AvgIpc) is 2.52. The number of ether oxygens (including phenoxy) is 1. The summed E-state index contributed by atoms with van der Waals surface area (Å²) in [5.41, 5.74) is -1.93. The Labute approximate surface area is 145 Å². The Bertz CT molecular complexity index is 876. The van der Waals surface area contributed by atoms with Crippen LogP contribution in [0.15, 0.2) is 23.0 Å². The molecule has 1 unspecified atom stereocenters. The lowest BCUT2D eigenvalue weighted by molar-refractivity contribution is -0.136. The summed E-state index contributed by atoms with van der Waals surface area (Å²) >= 11 is 0. The zero-order chi connectivity index (χ0) is 19.2. The van der Waals surface area contributed by atoms with Crippen molar-refractivity contribution in [2.45, 2.75) is 32.5 Å². The summed E-state index contributed by atoms with van der Waals surface area (Å²) in [7, 11) is 0. The van der Waals surface area contributed by atoms with E-state index in [1.54, 1.807) is 0 Å². The molecule has 2 aromatic rings. The van der Waals surface area contributed by atoms with Crippen LogP contribution in [-0.2, 0) is 6.18 Å². The van der Waals surface area contributed by atoms with Gasteiger partial charge in [0.25, 0.3) is 6.43 Å². The van der Waals surface area contributed by atoms with Crippen LogP contribution in [0.4, 0.5) is 27.6 Å². The fraction of sp³-hybridized carbons (Fsp3) is 0.471. The van der Waals surface area contributed by atoms with Gasteiger partial charge in [0.15, 0.2) is 5.75 Å². The van der Waals surface area contributed by atoms with E-state index in [0.29, 0.717) is 6.07 Å². The maximum Gasteiger partial charge on any atom is 0.417 e. The number of aromatic amines is 1. The second kappa shape index (κ2) is 6.44. The standard InChI is InChI=1S/C17H17F5N2O2/c1-8(2)12-7-26-16-11(24(12)6-13(18)19)4-3-10-15(16)9(17(20,21)22)5-14(25)23-10/h3-5,8,12-13H,6-7H2,1-2H3,(H,23,25). The molecule has 0 fully saturated rings. The van der Waals surface area contributed by atoms with Crippen molar-refractivity contribution in [3.8, 4) is 5.75 Å². The number of alkyl halides is 5. The Kier molecular flexibility index (Phi) is 4.58. The molecule has 0 radical (unpaired) electrons. The lowest BCUT2D eigenvalue weighted by Crippen LogP contribution is -2.48. The molecular weight excluding hydrogens is 359 g/mol. The zero-order valence-corrected chi connectivity index (χ0v) is 14.0. The SMILES string of the molecule is CC(C)C1COc2c(ccc3[nH]c(=O)cc(C(F)(F)F)c23)N1CC(F)F. The van der Waals surface area contributed by atoms with E-state index in [9.17, 15) is 26.7 Å². The molecular formula is C17H17F5N2O2. The molecule has 1 aromatic carbocycles. The molecule has 0 aliphatic carbocycles. The van der Waals surface area contributed by atoms with Gasteiger partial charge in [-0.05, 0) is 18.1 Å².